The predicted molar refractivity (Wildman–Crippen MR) is 127 cm³/mol. The van der Waals surface area contributed by atoms with Crippen LogP contribution in [0.1, 0.15) is 66.9 Å². The van der Waals surface area contributed by atoms with E-state index in [1.165, 1.54) is 5.56 Å². The maximum Gasteiger partial charge on any atom is 0.270 e. The van der Waals surface area contributed by atoms with Crippen LogP contribution in [0.5, 0.6) is 0 Å². The number of nitrogen functional groups attached to an aromatic ring is 1. The zero-order valence-electron chi connectivity index (χ0n) is 19.0. The molecule has 4 aliphatic carbocycles. The smallest absolute Gasteiger partial charge is 0.270 e. The van der Waals surface area contributed by atoms with Crippen LogP contribution in [0.4, 0.5) is 11.6 Å². The number of aromatic nitrogens is 2. The molecule has 7 nitrogen and oxygen atoms in total. The van der Waals surface area contributed by atoms with Gasteiger partial charge in [-0.2, -0.15) is 0 Å². The van der Waals surface area contributed by atoms with E-state index in [0.29, 0.717) is 35.2 Å². The van der Waals surface area contributed by atoms with E-state index in [2.05, 4.69) is 21.3 Å². The quantitative estimate of drug-likeness (QED) is 0.665. The van der Waals surface area contributed by atoms with Gasteiger partial charge in [-0.15, -0.1) is 0 Å². The second-order valence-corrected chi connectivity index (χ2v) is 10.9. The highest BCUT2D eigenvalue weighted by Crippen LogP contribution is 2.55. The summed E-state index contributed by atoms with van der Waals surface area (Å²) in [7, 11) is 0. The van der Waals surface area contributed by atoms with Gasteiger partial charge in [0.05, 0.1) is 5.60 Å². The zero-order valence-corrected chi connectivity index (χ0v) is 19.0. The van der Waals surface area contributed by atoms with E-state index < -0.39 is 5.60 Å². The molecule has 3 heterocycles. The number of amides is 1. The number of pyridine rings is 2. The second kappa shape index (κ2) is 7.97. The van der Waals surface area contributed by atoms with Crippen molar-refractivity contribution in [3.8, 4) is 0 Å². The first-order valence-corrected chi connectivity index (χ1v) is 12.4. The Morgan fingerprint density at radius 3 is 2.52 bits per heavy atom. The maximum atomic E-state index is 13.1. The third kappa shape index (κ3) is 3.97. The van der Waals surface area contributed by atoms with E-state index in [4.69, 9.17) is 10.7 Å². The van der Waals surface area contributed by atoms with Crippen molar-refractivity contribution in [1.29, 1.82) is 0 Å². The van der Waals surface area contributed by atoms with Crippen LogP contribution in [0.3, 0.4) is 0 Å². The first-order valence-electron chi connectivity index (χ1n) is 12.4. The molecule has 7 rings (SSSR count). The lowest BCUT2D eigenvalue weighted by Crippen LogP contribution is -2.61. The summed E-state index contributed by atoms with van der Waals surface area (Å²) in [5.74, 6) is 3.26. The third-order valence-corrected chi connectivity index (χ3v) is 8.61. The molecule has 0 radical (unpaired) electrons. The van der Waals surface area contributed by atoms with E-state index in [-0.39, 0.29) is 11.9 Å². The number of aliphatic hydroxyl groups is 1. The summed E-state index contributed by atoms with van der Waals surface area (Å²) in [5, 5.41) is 14.1. The summed E-state index contributed by atoms with van der Waals surface area (Å²) in [6.07, 6.45) is 8.83. The van der Waals surface area contributed by atoms with Gasteiger partial charge in [-0.05, 0) is 92.4 Å². The number of nitrogens with one attached hydrogen (secondary N) is 1. The Balaban J connectivity index is 1.10. The Hall–Kier alpha value is -2.67. The minimum atomic E-state index is -0.482. The topological polar surface area (TPSA) is 104 Å². The molecule has 7 heteroatoms. The molecule has 33 heavy (non-hydrogen) atoms. The monoisotopic (exact) mass is 447 g/mol. The molecule has 0 aromatic carbocycles. The summed E-state index contributed by atoms with van der Waals surface area (Å²) >= 11 is 0. The maximum absolute atomic E-state index is 13.1. The van der Waals surface area contributed by atoms with Crippen molar-refractivity contribution in [2.75, 3.05) is 23.7 Å². The summed E-state index contributed by atoms with van der Waals surface area (Å²) < 4.78 is 0. The molecule has 2 unspecified atom stereocenters. The van der Waals surface area contributed by atoms with Crippen molar-refractivity contribution in [2.45, 2.75) is 62.5 Å². The lowest BCUT2D eigenvalue weighted by Gasteiger charge is -2.58. The average Bonchev–Trinajstić information content (AvgIpc) is 2.81. The molecule has 1 saturated heterocycles. The summed E-state index contributed by atoms with van der Waals surface area (Å²) in [5.41, 5.74) is 6.97. The van der Waals surface area contributed by atoms with Gasteiger partial charge in [-0.3, -0.25) is 4.79 Å². The Labute approximate surface area is 194 Å². The highest BCUT2D eigenvalue weighted by atomic mass is 16.3. The first kappa shape index (κ1) is 20.9. The standard InChI is InChI=1S/C26H33N5O2/c27-22-5-4-18(15-28-22)17-6-8-31(9-7-17)23-3-1-2-21(29-23)25(32)30-24-19-10-16-11-20(24)14-26(33,12-16)13-19/h1-5,15-17,19-20,24,33H,6-14H2,(H2,27,28)(H,30,32)/t16?,19?,20?,24-,26-. The molecule has 2 aromatic rings. The van der Waals surface area contributed by atoms with Crippen LogP contribution in [0.25, 0.3) is 0 Å². The number of anilines is 2. The lowest BCUT2D eigenvalue weighted by molar-refractivity contribution is -0.136. The van der Waals surface area contributed by atoms with Crippen molar-refractivity contribution >= 4 is 17.5 Å². The van der Waals surface area contributed by atoms with Crippen LogP contribution in [-0.4, -0.2) is 45.7 Å². The highest BCUT2D eigenvalue weighted by Gasteiger charge is 2.55. The molecule has 1 amide bonds. The largest absolute Gasteiger partial charge is 0.390 e. The van der Waals surface area contributed by atoms with Gasteiger partial charge in [0, 0.05) is 25.3 Å². The molecule has 5 fully saturated rings. The Kier molecular flexibility index (Phi) is 5.05. The first-order chi connectivity index (χ1) is 16.0. The van der Waals surface area contributed by atoms with Gasteiger partial charge in [0.15, 0.2) is 0 Å². The average molecular weight is 448 g/mol. The molecular formula is C26H33N5O2. The number of carbonyl (C=O) groups excluding carboxylic acids is 1. The number of nitrogens with zero attached hydrogens (tertiary/aromatic N) is 3. The third-order valence-electron chi connectivity index (χ3n) is 8.61. The molecule has 174 valence electrons. The van der Waals surface area contributed by atoms with Gasteiger partial charge in [-0.1, -0.05) is 12.1 Å². The minimum Gasteiger partial charge on any atom is -0.390 e. The van der Waals surface area contributed by atoms with Crippen molar-refractivity contribution in [3.05, 3.63) is 47.8 Å². The lowest BCUT2D eigenvalue weighted by atomic mass is 9.52. The van der Waals surface area contributed by atoms with Gasteiger partial charge in [0.25, 0.3) is 5.91 Å². The summed E-state index contributed by atoms with van der Waals surface area (Å²) in [6.45, 7) is 1.81. The summed E-state index contributed by atoms with van der Waals surface area (Å²) in [6, 6.07) is 9.87. The van der Waals surface area contributed by atoms with Crippen LogP contribution >= 0.6 is 0 Å². The molecule has 2 aromatic heterocycles. The minimum absolute atomic E-state index is 0.0795. The van der Waals surface area contributed by atoms with Crippen molar-refractivity contribution in [3.63, 3.8) is 0 Å². The van der Waals surface area contributed by atoms with Gasteiger partial charge in [0.2, 0.25) is 0 Å². The molecule has 4 N–H and O–H groups in total. The van der Waals surface area contributed by atoms with E-state index >= 15 is 0 Å². The van der Waals surface area contributed by atoms with Gasteiger partial charge in [-0.25, -0.2) is 9.97 Å². The Morgan fingerprint density at radius 1 is 1.09 bits per heavy atom. The Bertz CT molecular complexity index is 1020. The van der Waals surface area contributed by atoms with Crippen molar-refractivity contribution in [1.82, 2.24) is 15.3 Å². The van der Waals surface area contributed by atoms with Crippen LogP contribution in [0.2, 0.25) is 0 Å². The number of hydrogen-bond donors (Lipinski definition) is 3. The second-order valence-electron chi connectivity index (χ2n) is 10.9. The number of carbonyl (C=O) groups is 1. The van der Waals surface area contributed by atoms with Crippen LogP contribution < -0.4 is 16.0 Å². The fraction of sp³-hybridized carbons (Fsp3) is 0.577. The zero-order chi connectivity index (χ0) is 22.6. The number of nitrogens with two attached hydrogens (primary N) is 1. The Morgan fingerprint density at radius 2 is 1.85 bits per heavy atom. The predicted octanol–water partition coefficient (Wildman–Crippen LogP) is 3.11. The van der Waals surface area contributed by atoms with E-state index in [1.54, 1.807) is 0 Å². The number of piperidine rings is 1. The van der Waals surface area contributed by atoms with Crippen molar-refractivity contribution in [2.24, 2.45) is 17.8 Å². The van der Waals surface area contributed by atoms with Gasteiger partial charge >= 0.3 is 0 Å². The molecule has 5 aliphatic rings. The van der Waals surface area contributed by atoms with E-state index in [1.807, 2.05) is 30.5 Å². The SMILES string of the molecule is Nc1ccc(C2CCN(c3cccc(C(=O)N[C@H]4C5CC6CC4C[C@](O)(C6)C5)n3)CC2)cn1. The van der Waals surface area contributed by atoms with E-state index in [9.17, 15) is 9.90 Å². The van der Waals surface area contributed by atoms with Crippen LogP contribution in [-0.2, 0) is 0 Å². The fourth-order valence-corrected chi connectivity index (χ4v) is 7.27. The van der Waals surface area contributed by atoms with Gasteiger partial charge < -0.3 is 21.1 Å². The highest BCUT2D eigenvalue weighted by molar-refractivity contribution is 5.93. The molecular weight excluding hydrogens is 414 g/mol. The van der Waals surface area contributed by atoms with Crippen molar-refractivity contribution < 1.29 is 9.90 Å². The van der Waals surface area contributed by atoms with Crippen LogP contribution in [0, 0.1) is 17.8 Å². The molecule has 0 spiro atoms. The van der Waals surface area contributed by atoms with Crippen LogP contribution in [0.15, 0.2) is 36.5 Å². The molecule has 4 bridgehead atoms. The number of hydrogen-bond acceptors (Lipinski definition) is 6. The molecule has 4 saturated carbocycles. The number of rotatable bonds is 4. The molecule has 1 aliphatic heterocycles. The normalized spacial score (nSPS) is 33.3. The molecule has 2 atom stereocenters. The van der Waals surface area contributed by atoms with Gasteiger partial charge in [0.1, 0.15) is 17.3 Å². The summed E-state index contributed by atoms with van der Waals surface area (Å²) in [4.78, 5) is 24.4. The fourth-order valence-electron chi connectivity index (χ4n) is 7.27. The van der Waals surface area contributed by atoms with E-state index in [0.717, 1.165) is 63.9 Å².